The van der Waals surface area contributed by atoms with Gasteiger partial charge < -0.3 is 44.0 Å². The van der Waals surface area contributed by atoms with Gasteiger partial charge in [0.1, 0.15) is 0 Å². The van der Waals surface area contributed by atoms with Gasteiger partial charge in [-0.25, -0.2) is 4.57 Å². The van der Waals surface area contributed by atoms with Crippen molar-refractivity contribution in [3.05, 3.63) is 12.7 Å². The molecule has 0 aromatic rings. The molecule has 0 saturated carbocycles. The van der Waals surface area contributed by atoms with Crippen molar-refractivity contribution in [3.8, 4) is 0 Å². The molecule has 0 heterocycles. The van der Waals surface area contributed by atoms with Crippen molar-refractivity contribution in [2.45, 2.75) is 5.02 Å². The number of rotatable bonds is 1. The first-order valence-corrected chi connectivity index (χ1v) is 12.6. The fourth-order valence-corrected chi connectivity index (χ4v) is 0. The quantitative estimate of drug-likeness (QED) is 0.116. The fourth-order valence-electron chi connectivity index (χ4n) is 0. The number of phosphoric acid groups is 1. The van der Waals surface area contributed by atoms with Gasteiger partial charge in [0, 0.05) is 19.5 Å². The monoisotopic (exact) mass is 495 g/mol. The van der Waals surface area contributed by atoms with Crippen molar-refractivity contribution in [3.63, 3.8) is 0 Å². The molecule has 0 bridgehead atoms. The summed E-state index contributed by atoms with van der Waals surface area (Å²) >= 11 is 8.56. The van der Waals surface area contributed by atoms with Crippen molar-refractivity contribution >= 4 is 44.9 Å². The molecule has 0 saturated heterocycles. The molecular weight excluding hydrogens is 484 g/mol. The summed E-state index contributed by atoms with van der Waals surface area (Å²) in [6, 6.07) is 0. The van der Waals surface area contributed by atoms with E-state index in [1.54, 1.807) is 0 Å². The Kier molecular flexibility index (Phi) is 29.5. The van der Waals surface area contributed by atoms with E-state index in [0.717, 1.165) is 0 Å². The predicted octanol–water partition coefficient (Wildman–Crippen LogP) is -1.42. The molecule has 0 atom stereocenters. The normalized spacial score (nSPS) is 10.2. The molecule has 0 spiro atoms. The molecule has 0 aromatic carbocycles. The first kappa shape index (κ1) is 33.7. The Morgan fingerprint density at radius 2 is 0.950 bits per heavy atom. The average molecular weight is 498 g/mol. The van der Waals surface area contributed by atoms with E-state index in [1.807, 2.05) is 6.08 Å². The molecule has 9 N–H and O–H groups in total. The van der Waals surface area contributed by atoms with Crippen LogP contribution in [0.15, 0.2) is 12.7 Å². The van der Waals surface area contributed by atoms with Gasteiger partial charge in [-0.3, -0.25) is 0 Å². The van der Waals surface area contributed by atoms with Crippen LogP contribution in [0, 0.1) is 0 Å². The van der Waals surface area contributed by atoms with Gasteiger partial charge in [0.25, 0.3) is 0 Å². The van der Waals surface area contributed by atoms with Crippen LogP contribution in [0.25, 0.3) is 0 Å². The minimum Gasteiger partial charge on any atom is -0.325 e. The largest absolute Gasteiger partial charge is 0.466 e. The molecule has 0 aliphatic carbocycles. The Hall–Kier alpha value is 2.16. The van der Waals surface area contributed by atoms with E-state index in [0.29, 0.717) is 0 Å². The van der Waals surface area contributed by atoms with Crippen LogP contribution in [0.5, 0.6) is 0 Å². The molecule has 20 heavy (non-hydrogen) atoms. The van der Waals surface area contributed by atoms with Crippen LogP contribution in [-0.2, 0) is 66.0 Å². The van der Waals surface area contributed by atoms with Crippen molar-refractivity contribution in [2.75, 3.05) is 0 Å². The molecular formula is C3H14O10P3S2Zn2. The topological polar surface area (TPSA) is 199 Å². The molecule has 0 amide bonds. The van der Waals surface area contributed by atoms with Crippen LogP contribution in [0.3, 0.4) is 0 Å². The maximum absolute atomic E-state index is 8.88. The van der Waals surface area contributed by atoms with E-state index >= 15 is 0 Å². The van der Waals surface area contributed by atoms with Gasteiger partial charge in [0.05, 0.1) is 0 Å². The summed E-state index contributed by atoms with van der Waals surface area (Å²) in [7, 11) is -4.64. The third kappa shape index (κ3) is 742. The van der Waals surface area contributed by atoms with Crippen molar-refractivity contribution in [2.24, 2.45) is 0 Å². The molecule has 0 rings (SSSR count). The minimum absolute atomic E-state index is 0. The molecule has 10 nitrogen and oxygen atoms in total. The van der Waals surface area contributed by atoms with Gasteiger partial charge in [-0.15, -0.1) is 0 Å². The first-order valence-electron chi connectivity index (χ1n) is 3.66. The first-order chi connectivity index (χ1) is 7.91. The molecule has 0 unspecified atom stereocenters. The molecule has 17 heteroatoms. The van der Waals surface area contributed by atoms with Gasteiger partial charge in [-0.2, -0.15) is 0 Å². The Balaban J connectivity index is -0.0000000494. The number of hydrogen-bond donors (Lipinski definition) is 9. The third-order valence-corrected chi connectivity index (χ3v) is 1.06. The second kappa shape index (κ2) is 17.5. The fraction of sp³-hybridized carbons (Fsp3) is 0.333. The summed E-state index contributed by atoms with van der Waals surface area (Å²) in [5.41, 5.74) is 0. The smallest absolute Gasteiger partial charge is 0.325 e. The van der Waals surface area contributed by atoms with E-state index in [1.165, 1.54) is 23.3 Å². The molecule has 117 valence electrons. The van der Waals surface area contributed by atoms with E-state index in [4.69, 9.17) is 48.6 Å². The van der Waals surface area contributed by atoms with Crippen LogP contribution in [-0.4, -0.2) is 44.0 Å². The number of allylic oxidation sites excluding steroid dienone is 1. The van der Waals surface area contributed by atoms with Gasteiger partial charge in [-0.05, 0) is 23.6 Å². The van der Waals surface area contributed by atoms with Crippen molar-refractivity contribution in [1.82, 2.24) is 0 Å². The Bertz CT molecular complexity index is 275. The predicted molar refractivity (Wildman–Crippen MR) is 71.1 cm³/mol. The van der Waals surface area contributed by atoms with Crippen LogP contribution in [0.4, 0.5) is 0 Å². The van der Waals surface area contributed by atoms with Crippen LogP contribution in [0.1, 0.15) is 0 Å². The number of hydrogen-bond acceptors (Lipinski definition) is 3. The molecule has 0 fully saturated rings. The van der Waals surface area contributed by atoms with Crippen LogP contribution in [0.2, 0.25) is 5.02 Å². The average Bonchev–Trinajstić information content (AvgIpc) is 1.93. The summed E-state index contributed by atoms with van der Waals surface area (Å²) in [4.78, 5) is 66.9. The van der Waals surface area contributed by atoms with Crippen LogP contribution < -0.4 is 0 Å². The molecule has 0 aliphatic heterocycles. The van der Waals surface area contributed by atoms with E-state index < -0.39 is 21.3 Å². The SMILES string of the molecule is C=C[CH2][Zn].O=P(O)(O)O.OP(O)(O)=S.OP(O)(O)=S.[Zn]. The Morgan fingerprint density at radius 1 is 0.900 bits per heavy atom. The zero-order valence-corrected chi connectivity index (χ0v) is 20.2. The standard InChI is InChI=1S/C3H5.H3O4P.2H3O3PS.2Zn/c1-3-2;1-5(2,3)4;2*1-4(2,3)5;;/h3H,1-2H2;(H3,1,2,3,4);2*(H3,1,2,3,5);;. The summed E-state index contributed by atoms with van der Waals surface area (Å²) in [5.74, 6) is 0. The van der Waals surface area contributed by atoms with Gasteiger partial charge >= 0.3 is 57.2 Å². The summed E-state index contributed by atoms with van der Waals surface area (Å²) in [6.45, 7) is -4.10. The van der Waals surface area contributed by atoms with Crippen molar-refractivity contribution < 1.29 is 86.4 Å². The van der Waals surface area contributed by atoms with Gasteiger partial charge in [0.2, 0.25) is 0 Å². The zero-order chi connectivity index (χ0) is 16.9. The van der Waals surface area contributed by atoms with Gasteiger partial charge in [-0.1, -0.05) is 0 Å². The van der Waals surface area contributed by atoms with Crippen LogP contribution >= 0.6 is 21.3 Å². The van der Waals surface area contributed by atoms with E-state index in [-0.39, 0.29) is 19.5 Å². The van der Waals surface area contributed by atoms with Crippen molar-refractivity contribution in [1.29, 1.82) is 0 Å². The van der Waals surface area contributed by atoms with Gasteiger partial charge in [0.15, 0.2) is 0 Å². The van der Waals surface area contributed by atoms with E-state index in [2.05, 4.69) is 30.2 Å². The summed E-state index contributed by atoms with van der Waals surface area (Å²) in [6.07, 6.45) is 1.93. The minimum atomic E-state index is -4.64. The third-order valence-electron chi connectivity index (χ3n) is 0.204. The molecule has 0 aliphatic rings. The second-order valence-corrected chi connectivity index (χ2v) is 9.35. The Labute approximate surface area is 148 Å². The summed E-state index contributed by atoms with van der Waals surface area (Å²) < 4.78 is 8.88. The maximum Gasteiger partial charge on any atom is 0.466 e. The summed E-state index contributed by atoms with van der Waals surface area (Å²) in [5, 5.41) is 1.21. The second-order valence-electron chi connectivity index (χ2n) is 2.12. The zero-order valence-electron chi connectivity index (χ0n) is 10.00. The maximum atomic E-state index is 8.88. The van der Waals surface area contributed by atoms with E-state index in [9.17, 15) is 0 Å². The molecule has 0 aromatic heterocycles. The molecule has 0 radical (unpaired) electrons. The Morgan fingerprint density at radius 3 is 0.950 bits per heavy atom.